The van der Waals surface area contributed by atoms with Gasteiger partial charge in [-0.3, -0.25) is 4.79 Å². The van der Waals surface area contributed by atoms with E-state index in [0.29, 0.717) is 0 Å². The number of carbonyl (C=O) groups is 1. The van der Waals surface area contributed by atoms with Crippen LogP contribution in [-0.4, -0.2) is 16.0 Å². The molecule has 0 fully saturated rings. The normalized spacial score (nSPS) is 12.4. The standard InChI is InChI=1S/C23H14F4N4O2/c1-12-20-15(21(32)29-19(11-28)14-7-3-5-9-17(14)24)10-18(30-22(20)33-31-12)13-6-2-4-8-16(13)23(25,26)27/h2-10,19H,1H3,(H,29,32). The molecule has 0 radical (unpaired) electrons. The zero-order valence-corrected chi connectivity index (χ0v) is 16.9. The van der Waals surface area contributed by atoms with Crippen LogP contribution in [0.25, 0.3) is 22.4 Å². The van der Waals surface area contributed by atoms with Gasteiger partial charge in [-0.15, -0.1) is 0 Å². The maximum atomic E-state index is 14.1. The lowest BCUT2D eigenvalue weighted by Gasteiger charge is -2.15. The Morgan fingerprint density at radius 1 is 1.15 bits per heavy atom. The van der Waals surface area contributed by atoms with Crippen molar-refractivity contribution in [2.45, 2.75) is 19.1 Å². The van der Waals surface area contributed by atoms with Gasteiger partial charge in [0.1, 0.15) is 11.9 Å². The fourth-order valence-corrected chi connectivity index (χ4v) is 3.46. The van der Waals surface area contributed by atoms with E-state index in [0.717, 1.165) is 12.1 Å². The highest BCUT2D eigenvalue weighted by Gasteiger charge is 2.34. The highest BCUT2D eigenvalue weighted by atomic mass is 19.4. The maximum Gasteiger partial charge on any atom is 0.417 e. The predicted octanol–water partition coefficient (Wildman–Crippen LogP) is 5.35. The second-order valence-electron chi connectivity index (χ2n) is 7.10. The molecule has 2 aromatic heterocycles. The number of hydrogen-bond donors (Lipinski definition) is 1. The van der Waals surface area contributed by atoms with E-state index in [1.165, 1.54) is 49.4 Å². The summed E-state index contributed by atoms with van der Waals surface area (Å²) < 4.78 is 59.9. The number of rotatable bonds is 4. The van der Waals surface area contributed by atoms with Crippen LogP contribution in [0.5, 0.6) is 0 Å². The number of pyridine rings is 1. The second-order valence-corrected chi connectivity index (χ2v) is 7.10. The van der Waals surface area contributed by atoms with Gasteiger partial charge >= 0.3 is 6.18 Å². The SMILES string of the molecule is Cc1noc2nc(-c3ccccc3C(F)(F)F)cc(C(=O)NC(C#N)c3ccccc3F)c12. The summed E-state index contributed by atoms with van der Waals surface area (Å²) in [5.41, 5.74) is -1.41. The van der Waals surface area contributed by atoms with Gasteiger partial charge in [-0.25, -0.2) is 9.37 Å². The molecule has 2 aromatic carbocycles. The minimum atomic E-state index is -4.66. The molecule has 0 bridgehead atoms. The summed E-state index contributed by atoms with van der Waals surface area (Å²) in [5.74, 6) is -1.51. The van der Waals surface area contributed by atoms with Crippen molar-refractivity contribution in [3.63, 3.8) is 0 Å². The molecule has 33 heavy (non-hydrogen) atoms. The molecule has 0 spiro atoms. The number of hydrogen-bond acceptors (Lipinski definition) is 5. The summed E-state index contributed by atoms with van der Waals surface area (Å²) in [4.78, 5) is 17.2. The monoisotopic (exact) mass is 454 g/mol. The lowest BCUT2D eigenvalue weighted by atomic mass is 10.00. The maximum absolute atomic E-state index is 14.1. The molecule has 1 amide bonds. The number of benzene rings is 2. The van der Waals surface area contributed by atoms with Crippen molar-refractivity contribution in [3.8, 4) is 17.3 Å². The Kier molecular flexibility index (Phi) is 5.55. The number of nitriles is 1. The summed E-state index contributed by atoms with van der Waals surface area (Å²) in [7, 11) is 0. The van der Waals surface area contributed by atoms with Crippen molar-refractivity contribution in [1.29, 1.82) is 5.26 Å². The number of nitrogens with one attached hydrogen (secondary N) is 1. The Morgan fingerprint density at radius 2 is 1.85 bits per heavy atom. The molecule has 4 aromatic rings. The van der Waals surface area contributed by atoms with Gasteiger partial charge in [0, 0.05) is 11.1 Å². The van der Waals surface area contributed by atoms with Gasteiger partial charge in [-0.1, -0.05) is 41.6 Å². The van der Waals surface area contributed by atoms with E-state index in [-0.39, 0.29) is 39.2 Å². The molecule has 0 saturated heterocycles. The molecular formula is C23H14F4N4O2. The molecule has 1 N–H and O–H groups in total. The number of fused-ring (bicyclic) bond motifs is 1. The van der Waals surface area contributed by atoms with Crippen LogP contribution in [0, 0.1) is 24.1 Å². The quantitative estimate of drug-likeness (QED) is 0.420. The minimum Gasteiger partial charge on any atom is -0.335 e. The van der Waals surface area contributed by atoms with Crippen LogP contribution in [0.2, 0.25) is 0 Å². The Bertz CT molecular complexity index is 1410. The first-order chi connectivity index (χ1) is 15.7. The number of aryl methyl sites for hydroxylation is 1. The second kappa shape index (κ2) is 8.35. The third kappa shape index (κ3) is 4.13. The number of nitrogens with zero attached hydrogens (tertiary/aromatic N) is 3. The van der Waals surface area contributed by atoms with Gasteiger partial charge in [0.15, 0.2) is 0 Å². The van der Waals surface area contributed by atoms with Gasteiger partial charge in [0.25, 0.3) is 11.6 Å². The minimum absolute atomic E-state index is 0.0525. The van der Waals surface area contributed by atoms with Crippen molar-refractivity contribution in [2.75, 3.05) is 0 Å². The summed E-state index contributed by atoms with van der Waals surface area (Å²) in [6, 6.07) is 11.9. The van der Waals surface area contributed by atoms with Crippen LogP contribution in [0.4, 0.5) is 17.6 Å². The molecule has 1 unspecified atom stereocenters. The van der Waals surface area contributed by atoms with Crippen LogP contribution in [0.3, 0.4) is 0 Å². The van der Waals surface area contributed by atoms with Crippen molar-refractivity contribution >= 4 is 17.0 Å². The Balaban J connectivity index is 1.83. The fourth-order valence-electron chi connectivity index (χ4n) is 3.46. The first-order valence-electron chi connectivity index (χ1n) is 9.59. The lowest BCUT2D eigenvalue weighted by Crippen LogP contribution is -2.28. The number of amides is 1. The Hall–Kier alpha value is -4.26. The average molecular weight is 454 g/mol. The lowest BCUT2D eigenvalue weighted by molar-refractivity contribution is -0.137. The van der Waals surface area contributed by atoms with Crippen LogP contribution >= 0.6 is 0 Å². The van der Waals surface area contributed by atoms with Crippen LogP contribution < -0.4 is 5.32 Å². The molecule has 10 heteroatoms. The van der Waals surface area contributed by atoms with E-state index < -0.39 is 29.5 Å². The average Bonchev–Trinajstić information content (AvgIpc) is 3.17. The van der Waals surface area contributed by atoms with Crippen molar-refractivity contribution < 1.29 is 26.9 Å². The van der Waals surface area contributed by atoms with Crippen molar-refractivity contribution in [2.24, 2.45) is 0 Å². The molecule has 4 rings (SSSR count). The number of aromatic nitrogens is 2. The zero-order valence-electron chi connectivity index (χ0n) is 16.9. The topological polar surface area (TPSA) is 91.8 Å². The number of halogens is 4. The highest BCUT2D eigenvalue weighted by molar-refractivity contribution is 6.07. The summed E-state index contributed by atoms with van der Waals surface area (Å²) in [6.45, 7) is 1.53. The first-order valence-corrected chi connectivity index (χ1v) is 9.59. The highest BCUT2D eigenvalue weighted by Crippen LogP contribution is 2.37. The molecule has 0 aliphatic heterocycles. The Morgan fingerprint density at radius 3 is 2.55 bits per heavy atom. The zero-order chi connectivity index (χ0) is 23.8. The van der Waals surface area contributed by atoms with Gasteiger partial charge in [-0.2, -0.15) is 18.4 Å². The summed E-state index contributed by atoms with van der Waals surface area (Å²) >= 11 is 0. The van der Waals surface area contributed by atoms with Gasteiger partial charge in [-0.05, 0) is 25.1 Å². The van der Waals surface area contributed by atoms with E-state index in [4.69, 9.17) is 4.52 Å². The molecule has 1 atom stereocenters. The summed E-state index contributed by atoms with van der Waals surface area (Å²) in [5, 5.41) is 15.8. The first kappa shape index (κ1) is 22.0. The predicted molar refractivity (Wildman–Crippen MR) is 109 cm³/mol. The number of alkyl halides is 3. The van der Waals surface area contributed by atoms with Crippen LogP contribution in [0.15, 0.2) is 59.1 Å². The molecule has 2 heterocycles. The molecule has 6 nitrogen and oxygen atoms in total. The van der Waals surface area contributed by atoms with Gasteiger partial charge < -0.3 is 9.84 Å². The Labute approximate surface area is 184 Å². The van der Waals surface area contributed by atoms with Gasteiger partial charge in [0.2, 0.25) is 0 Å². The third-order valence-electron chi connectivity index (χ3n) is 4.99. The number of carbonyl (C=O) groups excluding carboxylic acids is 1. The molecular weight excluding hydrogens is 440 g/mol. The molecule has 0 aliphatic carbocycles. The van der Waals surface area contributed by atoms with E-state index in [1.807, 2.05) is 6.07 Å². The van der Waals surface area contributed by atoms with Crippen LogP contribution in [-0.2, 0) is 6.18 Å². The fraction of sp³-hybridized carbons (Fsp3) is 0.130. The van der Waals surface area contributed by atoms with Crippen LogP contribution in [0.1, 0.15) is 33.2 Å². The van der Waals surface area contributed by atoms with Gasteiger partial charge in [0.05, 0.1) is 34.0 Å². The van der Waals surface area contributed by atoms with E-state index in [2.05, 4.69) is 15.5 Å². The van der Waals surface area contributed by atoms with Crippen molar-refractivity contribution in [1.82, 2.24) is 15.5 Å². The largest absolute Gasteiger partial charge is 0.417 e. The third-order valence-corrected chi connectivity index (χ3v) is 4.99. The van der Waals surface area contributed by atoms with E-state index in [9.17, 15) is 27.6 Å². The molecule has 0 saturated carbocycles. The van der Waals surface area contributed by atoms with E-state index >= 15 is 0 Å². The summed E-state index contributed by atoms with van der Waals surface area (Å²) in [6.07, 6.45) is -4.66. The molecule has 0 aliphatic rings. The molecule has 166 valence electrons. The van der Waals surface area contributed by atoms with Crippen molar-refractivity contribution in [3.05, 3.63) is 82.8 Å². The van der Waals surface area contributed by atoms with E-state index in [1.54, 1.807) is 0 Å². The smallest absolute Gasteiger partial charge is 0.335 e.